The third-order valence-electron chi connectivity index (χ3n) is 2.35. The zero-order chi connectivity index (χ0) is 14.0. The lowest BCUT2D eigenvalue weighted by molar-refractivity contribution is 0.410. The predicted octanol–water partition coefficient (Wildman–Crippen LogP) is 4.48. The van der Waals surface area contributed by atoms with Gasteiger partial charge in [0.25, 0.3) is 0 Å². The van der Waals surface area contributed by atoms with Gasteiger partial charge in [0.15, 0.2) is 5.76 Å². The molecule has 4 nitrogen and oxygen atoms in total. The van der Waals surface area contributed by atoms with Crippen LogP contribution in [0.15, 0.2) is 28.7 Å². The zero-order valence-corrected chi connectivity index (χ0v) is 12.0. The summed E-state index contributed by atoms with van der Waals surface area (Å²) in [6, 6.07) is 6.79. The Balaban J connectivity index is 2.31. The molecule has 3 N–H and O–H groups in total. The summed E-state index contributed by atoms with van der Waals surface area (Å²) in [7, 11) is 0. The van der Waals surface area contributed by atoms with E-state index < -0.39 is 0 Å². The second-order valence-corrected chi connectivity index (χ2v) is 6.05. The van der Waals surface area contributed by atoms with Crippen LogP contribution in [0.25, 0.3) is 11.3 Å². The molecule has 0 fully saturated rings. The first-order chi connectivity index (χ1) is 8.99. The van der Waals surface area contributed by atoms with Crippen molar-refractivity contribution in [1.82, 2.24) is 0 Å². The number of benzene rings is 1. The van der Waals surface area contributed by atoms with Gasteiger partial charge in [0, 0.05) is 15.8 Å². The van der Waals surface area contributed by atoms with Gasteiger partial charge >= 0.3 is 0 Å². The summed E-state index contributed by atoms with van der Waals surface area (Å²) in [6.07, 6.45) is 0. The number of furan rings is 1. The van der Waals surface area contributed by atoms with Crippen molar-refractivity contribution in [2.75, 3.05) is 4.72 Å². The Morgan fingerprint density at radius 2 is 1.79 bits per heavy atom. The third kappa shape index (κ3) is 3.11. The van der Waals surface area contributed by atoms with Crippen LogP contribution >= 0.6 is 23.5 Å². The minimum absolute atomic E-state index is 0.140. The first-order valence-electron chi connectivity index (χ1n) is 5.71. The Hall–Kier alpha value is -1.46. The van der Waals surface area contributed by atoms with Crippen LogP contribution in [-0.2, 0) is 0 Å². The van der Waals surface area contributed by atoms with Crippen LogP contribution in [-0.4, -0.2) is 15.5 Å². The molecule has 2 aromatic rings. The number of halogens is 1. The second-order valence-electron chi connectivity index (χ2n) is 4.23. The average Bonchev–Trinajstić information content (AvgIpc) is 2.65. The van der Waals surface area contributed by atoms with E-state index in [-0.39, 0.29) is 23.1 Å². The molecule has 0 unspecified atom stereocenters. The summed E-state index contributed by atoms with van der Waals surface area (Å²) >= 11 is 7.18. The largest absolute Gasteiger partial charge is 0.502 e. The van der Waals surface area contributed by atoms with Crippen molar-refractivity contribution in [3.05, 3.63) is 29.3 Å². The monoisotopic (exact) mass is 299 g/mol. The Morgan fingerprint density at radius 3 is 2.37 bits per heavy atom. The summed E-state index contributed by atoms with van der Waals surface area (Å²) in [4.78, 5) is 0. The highest BCUT2D eigenvalue weighted by Crippen LogP contribution is 2.46. The van der Waals surface area contributed by atoms with E-state index in [0.717, 1.165) is 0 Å². The molecule has 0 radical (unpaired) electrons. The molecule has 2 rings (SSSR count). The van der Waals surface area contributed by atoms with Gasteiger partial charge in [-0.2, -0.15) is 0 Å². The van der Waals surface area contributed by atoms with Gasteiger partial charge in [-0.15, -0.1) is 0 Å². The maximum Gasteiger partial charge on any atom is 0.250 e. The Bertz CT molecular complexity index is 566. The van der Waals surface area contributed by atoms with Gasteiger partial charge in [-0.1, -0.05) is 25.4 Å². The van der Waals surface area contributed by atoms with Crippen molar-refractivity contribution < 1.29 is 14.6 Å². The molecular weight excluding hydrogens is 286 g/mol. The first kappa shape index (κ1) is 14.0. The lowest BCUT2D eigenvalue weighted by Gasteiger charge is -2.04. The molecule has 0 aliphatic rings. The van der Waals surface area contributed by atoms with E-state index >= 15 is 0 Å². The predicted molar refractivity (Wildman–Crippen MR) is 78.8 cm³/mol. The molecular formula is C13H14ClNO3S. The van der Waals surface area contributed by atoms with Gasteiger partial charge in [-0.05, 0) is 36.2 Å². The molecule has 0 aliphatic heterocycles. The van der Waals surface area contributed by atoms with E-state index in [1.54, 1.807) is 24.3 Å². The van der Waals surface area contributed by atoms with Crippen LogP contribution in [0.3, 0.4) is 0 Å². The van der Waals surface area contributed by atoms with Crippen molar-refractivity contribution in [3.8, 4) is 22.8 Å². The van der Waals surface area contributed by atoms with Gasteiger partial charge in [0.05, 0.1) is 0 Å². The molecule has 0 saturated carbocycles. The van der Waals surface area contributed by atoms with E-state index in [1.807, 2.05) is 13.8 Å². The van der Waals surface area contributed by atoms with E-state index in [9.17, 15) is 10.2 Å². The highest BCUT2D eigenvalue weighted by molar-refractivity contribution is 8.01. The maximum absolute atomic E-state index is 9.88. The standard InChI is InChI=1S/C13H14ClNO3S/c1-7(2)19-15-13-11(17)10(16)12(18-13)8-3-5-9(14)6-4-8/h3-7,15-17H,1-2H3. The molecule has 19 heavy (non-hydrogen) atoms. The minimum Gasteiger partial charge on any atom is -0.502 e. The summed E-state index contributed by atoms with van der Waals surface area (Å²) in [5.74, 6) is -0.227. The summed E-state index contributed by atoms with van der Waals surface area (Å²) < 4.78 is 8.32. The van der Waals surface area contributed by atoms with Gasteiger partial charge in [-0.25, -0.2) is 0 Å². The van der Waals surface area contributed by atoms with Crippen molar-refractivity contribution in [2.45, 2.75) is 19.1 Å². The van der Waals surface area contributed by atoms with Crippen LogP contribution in [0, 0.1) is 0 Å². The fourth-order valence-corrected chi connectivity index (χ4v) is 2.06. The van der Waals surface area contributed by atoms with Crippen LogP contribution in [0.1, 0.15) is 13.8 Å². The molecule has 102 valence electrons. The van der Waals surface area contributed by atoms with Crippen molar-refractivity contribution in [3.63, 3.8) is 0 Å². The first-order valence-corrected chi connectivity index (χ1v) is 6.97. The SMILES string of the molecule is CC(C)SNc1oc(-c2ccc(Cl)cc2)c(O)c1O. The van der Waals surface area contributed by atoms with Crippen LogP contribution < -0.4 is 4.72 Å². The van der Waals surface area contributed by atoms with Crippen LogP contribution in [0.2, 0.25) is 5.02 Å². The Kier molecular flexibility index (Phi) is 4.17. The van der Waals surface area contributed by atoms with Crippen molar-refractivity contribution in [2.24, 2.45) is 0 Å². The highest BCUT2D eigenvalue weighted by Gasteiger charge is 2.20. The molecule has 0 spiro atoms. The molecule has 0 atom stereocenters. The summed E-state index contributed by atoms with van der Waals surface area (Å²) in [5, 5.41) is 20.6. The lowest BCUT2D eigenvalue weighted by atomic mass is 10.1. The van der Waals surface area contributed by atoms with Crippen LogP contribution in [0.4, 0.5) is 5.88 Å². The Morgan fingerprint density at radius 1 is 1.16 bits per heavy atom. The quantitative estimate of drug-likeness (QED) is 0.726. The molecule has 1 heterocycles. The molecule has 0 bridgehead atoms. The summed E-state index contributed by atoms with van der Waals surface area (Å²) in [5.41, 5.74) is 0.639. The van der Waals surface area contributed by atoms with Crippen molar-refractivity contribution >= 4 is 29.4 Å². The average molecular weight is 300 g/mol. The number of hydrogen-bond donors (Lipinski definition) is 3. The highest BCUT2D eigenvalue weighted by atomic mass is 35.5. The smallest absolute Gasteiger partial charge is 0.250 e. The van der Waals surface area contributed by atoms with E-state index in [0.29, 0.717) is 15.8 Å². The number of nitrogens with one attached hydrogen (secondary N) is 1. The van der Waals surface area contributed by atoms with E-state index in [4.69, 9.17) is 16.0 Å². The van der Waals surface area contributed by atoms with Crippen LogP contribution in [0.5, 0.6) is 11.5 Å². The molecule has 0 saturated heterocycles. The molecule has 1 aromatic heterocycles. The van der Waals surface area contributed by atoms with Gasteiger partial charge < -0.3 is 14.6 Å². The normalized spacial score (nSPS) is 10.9. The molecule has 1 aromatic carbocycles. The summed E-state index contributed by atoms with van der Waals surface area (Å²) in [6.45, 7) is 4.00. The van der Waals surface area contributed by atoms with Crippen molar-refractivity contribution in [1.29, 1.82) is 0 Å². The second kappa shape index (κ2) is 5.67. The fourth-order valence-electron chi connectivity index (χ4n) is 1.45. The topological polar surface area (TPSA) is 65.6 Å². The van der Waals surface area contributed by atoms with Gasteiger partial charge in [0.1, 0.15) is 0 Å². The minimum atomic E-state index is -0.293. The number of hydrogen-bond acceptors (Lipinski definition) is 5. The van der Waals surface area contributed by atoms with E-state index in [2.05, 4.69) is 4.72 Å². The van der Waals surface area contributed by atoms with Gasteiger partial charge in [0.2, 0.25) is 17.4 Å². The molecule has 0 aliphatic carbocycles. The number of anilines is 1. The zero-order valence-electron chi connectivity index (χ0n) is 10.5. The lowest BCUT2D eigenvalue weighted by Crippen LogP contribution is -1.93. The number of rotatable bonds is 4. The number of aromatic hydroxyl groups is 2. The molecule has 6 heteroatoms. The van der Waals surface area contributed by atoms with Gasteiger partial charge in [-0.3, -0.25) is 4.72 Å². The third-order valence-corrected chi connectivity index (χ3v) is 3.38. The Labute approximate surface area is 120 Å². The maximum atomic E-state index is 9.88. The molecule has 0 amide bonds. The fraction of sp³-hybridized carbons (Fsp3) is 0.231. The van der Waals surface area contributed by atoms with E-state index in [1.165, 1.54) is 11.9 Å².